The van der Waals surface area contributed by atoms with Gasteiger partial charge in [0, 0.05) is 17.6 Å². The second-order valence-electron chi connectivity index (χ2n) is 4.45. The second kappa shape index (κ2) is 6.51. The van der Waals surface area contributed by atoms with Crippen molar-refractivity contribution in [2.24, 2.45) is 0 Å². The molecule has 0 saturated carbocycles. The monoisotopic (exact) mass is 314 g/mol. The molecule has 0 spiro atoms. The standard InChI is InChI=1S/C16H15BrN2/c1-12-8-13(9-18)6-7-14(12)10-19-11-15-4-2-3-5-16(15)17/h2-8,19H,10-11H2,1H3. The number of aryl methyl sites for hydroxylation is 1. The van der Waals surface area contributed by atoms with Crippen LogP contribution in [0.4, 0.5) is 0 Å². The largest absolute Gasteiger partial charge is 0.309 e. The van der Waals surface area contributed by atoms with Gasteiger partial charge in [0.1, 0.15) is 0 Å². The molecule has 2 aromatic carbocycles. The lowest BCUT2D eigenvalue weighted by atomic mass is 10.1. The highest BCUT2D eigenvalue weighted by atomic mass is 79.9. The fraction of sp³-hybridized carbons (Fsp3) is 0.188. The maximum Gasteiger partial charge on any atom is 0.0991 e. The molecule has 0 aliphatic carbocycles. The first-order chi connectivity index (χ1) is 9.20. The fourth-order valence-electron chi connectivity index (χ4n) is 1.94. The highest BCUT2D eigenvalue weighted by Crippen LogP contribution is 2.16. The summed E-state index contributed by atoms with van der Waals surface area (Å²) >= 11 is 3.54. The van der Waals surface area contributed by atoms with Gasteiger partial charge in [-0.1, -0.05) is 40.2 Å². The molecule has 96 valence electrons. The van der Waals surface area contributed by atoms with Gasteiger partial charge in [-0.25, -0.2) is 0 Å². The van der Waals surface area contributed by atoms with Crippen LogP contribution in [0.25, 0.3) is 0 Å². The Balaban J connectivity index is 1.97. The van der Waals surface area contributed by atoms with E-state index in [2.05, 4.69) is 33.4 Å². The molecule has 19 heavy (non-hydrogen) atoms. The van der Waals surface area contributed by atoms with Gasteiger partial charge < -0.3 is 5.32 Å². The lowest BCUT2D eigenvalue weighted by Crippen LogP contribution is -2.13. The summed E-state index contributed by atoms with van der Waals surface area (Å²) in [6.45, 7) is 3.66. The summed E-state index contributed by atoms with van der Waals surface area (Å²) in [5.41, 5.74) is 4.34. The van der Waals surface area contributed by atoms with Gasteiger partial charge in [0.25, 0.3) is 0 Å². The molecule has 0 aliphatic heterocycles. The summed E-state index contributed by atoms with van der Waals surface area (Å²) < 4.78 is 1.12. The summed E-state index contributed by atoms with van der Waals surface area (Å²) in [5.74, 6) is 0. The molecule has 0 fully saturated rings. The first kappa shape index (κ1) is 13.8. The van der Waals surface area contributed by atoms with E-state index in [0.717, 1.165) is 23.1 Å². The predicted octanol–water partition coefficient (Wildman–Crippen LogP) is 3.92. The van der Waals surface area contributed by atoms with Gasteiger partial charge >= 0.3 is 0 Å². The Labute approximate surface area is 122 Å². The van der Waals surface area contributed by atoms with E-state index < -0.39 is 0 Å². The molecule has 0 bridgehead atoms. The summed E-state index contributed by atoms with van der Waals surface area (Å²) in [5, 5.41) is 12.3. The minimum atomic E-state index is 0.715. The Morgan fingerprint density at radius 3 is 2.53 bits per heavy atom. The van der Waals surface area contributed by atoms with Crippen LogP contribution >= 0.6 is 15.9 Å². The van der Waals surface area contributed by atoms with Gasteiger partial charge in [0.2, 0.25) is 0 Å². The van der Waals surface area contributed by atoms with Crippen molar-refractivity contribution in [2.45, 2.75) is 20.0 Å². The number of benzene rings is 2. The minimum absolute atomic E-state index is 0.715. The molecule has 2 nitrogen and oxygen atoms in total. The molecule has 0 aromatic heterocycles. The van der Waals surface area contributed by atoms with Crippen LogP contribution in [0.15, 0.2) is 46.9 Å². The van der Waals surface area contributed by atoms with Gasteiger partial charge in [-0.2, -0.15) is 5.26 Å². The lowest BCUT2D eigenvalue weighted by Gasteiger charge is -2.09. The third-order valence-electron chi connectivity index (χ3n) is 3.06. The number of hydrogen-bond acceptors (Lipinski definition) is 2. The van der Waals surface area contributed by atoms with Crippen molar-refractivity contribution >= 4 is 15.9 Å². The van der Waals surface area contributed by atoms with E-state index in [1.165, 1.54) is 11.1 Å². The van der Waals surface area contributed by atoms with Gasteiger partial charge in [0.15, 0.2) is 0 Å². The van der Waals surface area contributed by atoms with Crippen molar-refractivity contribution in [3.05, 3.63) is 69.2 Å². The molecule has 0 amide bonds. The quantitative estimate of drug-likeness (QED) is 0.928. The van der Waals surface area contributed by atoms with Crippen LogP contribution in [0.1, 0.15) is 22.3 Å². The van der Waals surface area contributed by atoms with Crippen molar-refractivity contribution in [3.63, 3.8) is 0 Å². The number of nitrogens with zero attached hydrogens (tertiary/aromatic N) is 1. The van der Waals surface area contributed by atoms with Gasteiger partial charge in [-0.05, 0) is 41.8 Å². The van der Waals surface area contributed by atoms with E-state index in [4.69, 9.17) is 5.26 Å². The van der Waals surface area contributed by atoms with E-state index in [0.29, 0.717) is 5.56 Å². The summed E-state index contributed by atoms with van der Waals surface area (Å²) in [6, 6.07) is 16.2. The molecule has 0 unspecified atom stereocenters. The predicted molar refractivity (Wildman–Crippen MR) is 80.6 cm³/mol. The Hall–Kier alpha value is -1.63. The van der Waals surface area contributed by atoms with Crippen LogP contribution < -0.4 is 5.32 Å². The molecule has 0 saturated heterocycles. The molecule has 2 aromatic rings. The van der Waals surface area contributed by atoms with Crippen LogP contribution in [0.3, 0.4) is 0 Å². The molecule has 3 heteroatoms. The number of halogens is 1. The molecular formula is C16H15BrN2. The van der Waals surface area contributed by atoms with Crippen molar-refractivity contribution in [3.8, 4) is 6.07 Å². The lowest BCUT2D eigenvalue weighted by molar-refractivity contribution is 0.689. The molecular weight excluding hydrogens is 300 g/mol. The summed E-state index contributed by atoms with van der Waals surface area (Å²) in [4.78, 5) is 0. The maximum absolute atomic E-state index is 8.84. The van der Waals surface area contributed by atoms with Crippen LogP contribution in [0, 0.1) is 18.3 Å². The molecule has 0 heterocycles. The minimum Gasteiger partial charge on any atom is -0.309 e. The first-order valence-electron chi connectivity index (χ1n) is 6.14. The van der Waals surface area contributed by atoms with Crippen molar-refractivity contribution in [1.29, 1.82) is 5.26 Å². The van der Waals surface area contributed by atoms with Gasteiger partial charge in [-0.3, -0.25) is 0 Å². The van der Waals surface area contributed by atoms with E-state index in [-0.39, 0.29) is 0 Å². The van der Waals surface area contributed by atoms with Crippen LogP contribution in [0.2, 0.25) is 0 Å². The van der Waals surface area contributed by atoms with Crippen molar-refractivity contribution in [2.75, 3.05) is 0 Å². The van der Waals surface area contributed by atoms with Gasteiger partial charge in [-0.15, -0.1) is 0 Å². The smallest absolute Gasteiger partial charge is 0.0991 e. The normalized spacial score (nSPS) is 10.2. The zero-order valence-electron chi connectivity index (χ0n) is 10.8. The summed E-state index contributed by atoms with van der Waals surface area (Å²) in [6.07, 6.45) is 0. The third kappa shape index (κ3) is 3.66. The van der Waals surface area contributed by atoms with E-state index in [1.807, 2.05) is 43.3 Å². The fourth-order valence-corrected chi connectivity index (χ4v) is 2.36. The molecule has 0 radical (unpaired) electrons. The average molecular weight is 315 g/mol. The Kier molecular flexibility index (Phi) is 4.73. The van der Waals surface area contributed by atoms with Crippen molar-refractivity contribution < 1.29 is 0 Å². The molecule has 1 N–H and O–H groups in total. The average Bonchev–Trinajstić information content (AvgIpc) is 2.42. The molecule has 0 aliphatic rings. The number of nitrogens with one attached hydrogen (secondary N) is 1. The van der Waals surface area contributed by atoms with Crippen molar-refractivity contribution in [1.82, 2.24) is 5.32 Å². The zero-order valence-corrected chi connectivity index (χ0v) is 12.4. The Morgan fingerprint density at radius 2 is 1.84 bits per heavy atom. The van der Waals surface area contributed by atoms with Crippen LogP contribution in [0.5, 0.6) is 0 Å². The Bertz CT molecular complexity index is 614. The first-order valence-corrected chi connectivity index (χ1v) is 6.94. The van der Waals surface area contributed by atoms with Gasteiger partial charge in [0.05, 0.1) is 11.6 Å². The second-order valence-corrected chi connectivity index (χ2v) is 5.30. The van der Waals surface area contributed by atoms with Crippen LogP contribution in [-0.2, 0) is 13.1 Å². The van der Waals surface area contributed by atoms with E-state index in [1.54, 1.807) is 0 Å². The summed E-state index contributed by atoms with van der Waals surface area (Å²) in [7, 11) is 0. The molecule has 2 rings (SSSR count). The molecule has 0 atom stereocenters. The number of hydrogen-bond donors (Lipinski definition) is 1. The number of rotatable bonds is 4. The maximum atomic E-state index is 8.84. The Morgan fingerprint density at radius 1 is 1.11 bits per heavy atom. The van der Waals surface area contributed by atoms with E-state index in [9.17, 15) is 0 Å². The third-order valence-corrected chi connectivity index (χ3v) is 3.83. The van der Waals surface area contributed by atoms with Crippen LogP contribution in [-0.4, -0.2) is 0 Å². The zero-order chi connectivity index (χ0) is 13.7. The highest BCUT2D eigenvalue weighted by Gasteiger charge is 2.01. The SMILES string of the molecule is Cc1cc(C#N)ccc1CNCc1ccccc1Br. The highest BCUT2D eigenvalue weighted by molar-refractivity contribution is 9.10. The topological polar surface area (TPSA) is 35.8 Å². The number of nitriles is 1. The van der Waals surface area contributed by atoms with E-state index >= 15 is 0 Å².